The fourth-order valence-corrected chi connectivity index (χ4v) is 1.53. The van der Waals surface area contributed by atoms with Crippen LogP contribution in [0.3, 0.4) is 0 Å². The van der Waals surface area contributed by atoms with E-state index in [2.05, 4.69) is 10.3 Å². The van der Waals surface area contributed by atoms with Crippen molar-refractivity contribution in [1.82, 2.24) is 10.3 Å². The zero-order valence-corrected chi connectivity index (χ0v) is 10.7. The minimum atomic E-state index is -0.118. The number of nitrogens with one attached hydrogen (secondary N) is 1. The fraction of sp³-hybridized carbons (Fsp3) is 0.538. The zero-order valence-electron chi connectivity index (χ0n) is 10.7. The van der Waals surface area contributed by atoms with E-state index < -0.39 is 0 Å². The average molecular weight is 252 g/mol. The van der Waals surface area contributed by atoms with E-state index in [1.807, 2.05) is 0 Å². The van der Waals surface area contributed by atoms with E-state index in [4.69, 9.17) is 9.84 Å². The van der Waals surface area contributed by atoms with Gasteiger partial charge in [-0.2, -0.15) is 0 Å². The zero-order chi connectivity index (χ0) is 13.2. The lowest BCUT2D eigenvalue weighted by Crippen LogP contribution is -2.24. The molecule has 1 rings (SSSR count). The van der Waals surface area contributed by atoms with Crippen LogP contribution in [0.2, 0.25) is 0 Å². The van der Waals surface area contributed by atoms with Gasteiger partial charge in [-0.05, 0) is 18.9 Å². The van der Waals surface area contributed by atoms with Gasteiger partial charge in [-0.3, -0.25) is 4.79 Å². The summed E-state index contributed by atoms with van der Waals surface area (Å²) < 4.78 is 4.92. The highest BCUT2D eigenvalue weighted by molar-refractivity contribution is 5.93. The number of aliphatic hydroxyl groups is 1. The van der Waals surface area contributed by atoms with E-state index in [1.54, 1.807) is 12.1 Å². The maximum Gasteiger partial charge on any atom is 0.252 e. The molecule has 0 saturated carbocycles. The molecular formula is C13H20N2O3. The number of rotatable bonds is 8. The molecule has 0 aromatic carbocycles. The molecule has 1 heterocycles. The predicted molar refractivity (Wildman–Crippen MR) is 68.7 cm³/mol. The predicted octanol–water partition coefficient (Wildman–Crippen LogP) is 1.37. The maximum absolute atomic E-state index is 11.7. The van der Waals surface area contributed by atoms with Crippen molar-refractivity contribution >= 4 is 5.91 Å². The van der Waals surface area contributed by atoms with E-state index in [1.165, 1.54) is 13.3 Å². The molecule has 0 spiro atoms. The number of carbonyl (C=O) groups is 1. The summed E-state index contributed by atoms with van der Waals surface area (Å²) >= 11 is 0. The van der Waals surface area contributed by atoms with Crippen molar-refractivity contribution in [3.8, 4) is 5.88 Å². The number of amides is 1. The van der Waals surface area contributed by atoms with Crippen molar-refractivity contribution in [3.05, 3.63) is 23.9 Å². The third kappa shape index (κ3) is 5.14. The lowest BCUT2D eigenvalue weighted by molar-refractivity contribution is 0.0952. The number of hydrogen-bond donors (Lipinski definition) is 2. The molecule has 0 unspecified atom stereocenters. The molecule has 1 amide bonds. The molecule has 0 atom stereocenters. The summed E-state index contributed by atoms with van der Waals surface area (Å²) in [6.07, 6.45) is 5.27. The van der Waals surface area contributed by atoms with E-state index in [9.17, 15) is 4.79 Å². The summed E-state index contributed by atoms with van der Waals surface area (Å²) in [7, 11) is 1.54. The standard InChI is InChI=1S/C13H20N2O3/c1-18-12-7-6-11(10-15-12)13(17)14-8-4-2-3-5-9-16/h6-7,10,16H,2-5,8-9H2,1H3,(H,14,17). The van der Waals surface area contributed by atoms with Crippen LogP contribution in [0.5, 0.6) is 5.88 Å². The highest BCUT2D eigenvalue weighted by Gasteiger charge is 2.05. The maximum atomic E-state index is 11.7. The molecule has 0 aliphatic rings. The minimum absolute atomic E-state index is 0.118. The molecule has 1 aromatic heterocycles. The molecular weight excluding hydrogens is 232 g/mol. The van der Waals surface area contributed by atoms with Crippen LogP contribution in [-0.2, 0) is 0 Å². The largest absolute Gasteiger partial charge is 0.481 e. The van der Waals surface area contributed by atoms with Crippen LogP contribution in [0.4, 0.5) is 0 Å². The summed E-state index contributed by atoms with van der Waals surface area (Å²) in [6.45, 7) is 0.889. The molecule has 0 bridgehead atoms. The first-order chi connectivity index (χ1) is 8.77. The van der Waals surface area contributed by atoms with Crippen molar-refractivity contribution < 1.29 is 14.6 Å². The first-order valence-corrected chi connectivity index (χ1v) is 6.17. The van der Waals surface area contributed by atoms with Crippen LogP contribution in [-0.4, -0.2) is 36.3 Å². The lowest BCUT2D eigenvalue weighted by Gasteiger charge is -2.05. The van der Waals surface area contributed by atoms with Gasteiger partial charge in [0.2, 0.25) is 5.88 Å². The number of aromatic nitrogens is 1. The topological polar surface area (TPSA) is 71.5 Å². The van der Waals surface area contributed by atoms with E-state index in [0.29, 0.717) is 18.0 Å². The second-order valence-corrected chi connectivity index (χ2v) is 3.98. The summed E-state index contributed by atoms with van der Waals surface area (Å²) in [6, 6.07) is 3.35. The first kappa shape index (κ1) is 14.4. The van der Waals surface area contributed by atoms with Crippen LogP contribution in [0.25, 0.3) is 0 Å². The SMILES string of the molecule is COc1ccc(C(=O)NCCCCCCO)cn1. The van der Waals surface area contributed by atoms with Gasteiger partial charge in [0.15, 0.2) is 0 Å². The Labute approximate surface area is 107 Å². The number of pyridine rings is 1. The van der Waals surface area contributed by atoms with Crippen molar-refractivity contribution in [2.45, 2.75) is 25.7 Å². The molecule has 0 aliphatic heterocycles. The summed E-state index contributed by atoms with van der Waals surface area (Å²) in [5.74, 6) is 0.378. The van der Waals surface area contributed by atoms with Crippen molar-refractivity contribution in [2.75, 3.05) is 20.3 Å². The second kappa shape index (κ2) is 8.47. The molecule has 0 aliphatic carbocycles. The Morgan fingerprint density at radius 1 is 1.33 bits per heavy atom. The van der Waals surface area contributed by atoms with Crippen LogP contribution >= 0.6 is 0 Å². The van der Waals surface area contributed by atoms with Crippen molar-refractivity contribution in [2.24, 2.45) is 0 Å². The third-order valence-corrected chi connectivity index (χ3v) is 2.58. The van der Waals surface area contributed by atoms with Gasteiger partial charge in [0.25, 0.3) is 5.91 Å². The number of aliphatic hydroxyl groups excluding tert-OH is 1. The molecule has 0 saturated heterocycles. The third-order valence-electron chi connectivity index (χ3n) is 2.58. The van der Waals surface area contributed by atoms with Gasteiger partial charge in [0.05, 0.1) is 12.7 Å². The monoisotopic (exact) mass is 252 g/mol. The van der Waals surface area contributed by atoms with Crippen LogP contribution < -0.4 is 10.1 Å². The van der Waals surface area contributed by atoms with Gasteiger partial charge < -0.3 is 15.2 Å². The van der Waals surface area contributed by atoms with Crippen molar-refractivity contribution in [3.63, 3.8) is 0 Å². The molecule has 2 N–H and O–H groups in total. The number of unbranched alkanes of at least 4 members (excludes halogenated alkanes) is 3. The Balaban J connectivity index is 2.23. The highest BCUT2D eigenvalue weighted by Crippen LogP contribution is 2.06. The van der Waals surface area contributed by atoms with Gasteiger partial charge in [-0.25, -0.2) is 4.98 Å². The number of nitrogens with zero attached hydrogens (tertiary/aromatic N) is 1. The smallest absolute Gasteiger partial charge is 0.252 e. The van der Waals surface area contributed by atoms with Crippen LogP contribution in [0.15, 0.2) is 18.3 Å². The van der Waals surface area contributed by atoms with Gasteiger partial charge in [-0.15, -0.1) is 0 Å². The van der Waals surface area contributed by atoms with Crippen LogP contribution in [0.1, 0.15) is 36.0 Å². The Morgan fingerprint density at radius 3 is 2.72 bits per heavy atom. The number of methoxy groups -OCH3 is 1. The molecule has 5 nitrogen and oxygen atoms in total. The lowest BCUT2D eigenvalue weighted by atomic mass is 10.2. The highest BCUT2D eigenvalue weighted by atomic mass is 16.5. The molecule has 0 radical (unpaired) electrons. The quantitative estimate of drug-likeness (QED) is 0.685. The fourth-order valence-electron chi connectivity index (χ4n) is 1.53. The Kier molecular flexibility index (Phi) is 6.79. The first-order valence-electron chi connectivity index (χ1n) is 6.17. The molecule has 100 valence electrons. The van der Waals surface area contributed by atoms with Crippen molar-refractivity contribution in [1.29, 1.82) is 0 Å². The normalized spacial score (nSPS) is 10.1. The van der Waals surface area contributed by atoms with E-state index >= 15 is 0 Å². The Hall–Kier alpha value is -1.62. The molecule has 1 aromatic rings. The Bertz CT molecular complexity index is 352. The van der Waals surface area contributed by atoms with Gasteiger partial charge in [0.1, 0.15) is 0 Å². The number of hydrogen-bond acceptors (Lipinski definition) is 4. The summed E-state index contributed by atoms with van der Waals surface area (Å²) in [5, 5.41) is 11.4. The summed E-state index contributed by atoms with van der Waals surface area (Å²) in [4.78, 5) is 15.7. The number of carbonyl (C=O) groups excluding carboxylic acids is 1. The Morgan fingerprint density at radius 2 is 2.11 bits per heavy atom. The average Bonchev–Trinajstić information content (AvgIpc) is 2.42. The van der Waals surface area contributed by atoms with E-state index in [0.717, 1.165) is 25.7 Å². The second-order valence-electron chi connectivity index (χ2n) is 3.98. The molecule has 5 heteroatoms. The summed E-state index contributed by atoms with van der Waals surface area (Å²) in [5.41, 5.74) is 0.533. The van der Waals surface area contributed by atoms with E-state index in [-0.39, 0.29) is 12.5 Å². The van der Waals surface area contributed by atoms with Gasteiger partial charge in [0, 0.05) is 25.4 Å². The minimum Gasteiger partial charge on any atom is -0.481 e. The molecule has 0 fully saturated rings. The van der Waals surface area contributed by atoms with Gasteiger partial charge in [-0.1, -0.05) is 12.8 Å². The molecule has 18 heavy (non-hydrogen) atoms. The van der Waals surface area contributed by atoms with Gasteiger partial charge >= 0.3 is 0 Å². The number of ether oxygens (including phenoxy) is 1. The van der Waals surface area contributed by atoms with Crippen LogP contribution in [0, 0.1) is 0 Å².